The van der Waals surface area contributed by atoms with Crippen LogP contribution in [-0.4, -0.2) is 20.1 Å². The lowest BCUT2D eigenvalue weighted by atomic mass is 10.0. The first-order chi connectivity index (χ1) is 10.2. The van der Waals surface area contributed by atoms with Crippen molar-refractivity contribution in [3.63, 3.8) is 0 Å². The van der Waals surface area contributed by atoms with Crippen LogP contribution in [0.3, 0.4) is 0 Å². The SMILES string of the molecule is CCCNC(CN(C)c1ccccc1)c1ccccc1C. The van der Waals surface area contributed by atoms with Crippen LogP contribution in [0.25, 0.3) is 0 Å². The van der Waals surface area contributed by atoms with Crippen molar-refractivity contribution in [1.29, 1.82) is 0 Å². The molecular formula is C19H26N2. The van der Waals surface area contributed by atoms with Crippen molar-refractivity contribution < 1.29 is 0 Å². The fourth-order valence-corrected chi connectivity index (χ4v) is 2.63. The molecule has 2 heteroatoms. The third-order valence-corrected chi connectivity index (χ3v) is 3.86. The highest BCUT2D eigenvalue weighted by atomic mass is 15.1. The largest absolute Gasteiger partial charge is 0.373 e. The molecule has 0 aromatic heterocycles. The quantitative estimate of drug-likeness (QED) is 0.820. The van der Waals surface area contributed by atoms with Crippen LogP contribution in [0.5, 0.6) is 0 Å². The Hall–Kier alpha value is -1.80. The molecule has 2 rings (SSSR count). The summed E-state index contributed by atoms with van der Waals surface area (Å²) in [5, 5.41) is 3.69. The first-order valence-corrected chi connectivity index (χ1v) is 7.77. The molecule has 0 spiro atoms. The van der Waals surface area contributed by atoms with Gasteiger partial charge in [0.25, 0.3) is 0 Å². The molecule has 0 saturated heterocycles. The highest BCUT2D eigenvalue weighted by molar-refractivity contribution is 5.45. The van der Waals surface area contributed by atoms with E-state index in [-0.39, 0.29) is 0 Å². The van der Waals surface area contributed by atoms with Crippen molar-refractivity contribution in [3.8, 4) is 0 Å². The van der Waals surface area contributed by atoms with E-state index in [0.717, 1.165) is 19.5 Å². The summed E-state index contributed by atoms with van der Waals surface area (Å²) in [5.74, 6) is 0. The molecular weight excluding hydrogens is 256 g/mol. The van der Waals surface area contributed by atoms with Gasteiger partial charge in [0.15, 0.2) is 0 Å². The van der Waals surface area contributed by atoms with Crippen molar-refractivity contribution in [2.24, 2.45) is 0 Å². The van der Waals surface area contributed by atoms with E-state index in [4.69, 9.17) is 0 Å². The number of likely N-dealkylation sites (N-methyl/N-ethyl adjacent to an activating group) is 1. The molecule has 2 aromatic carbocycles. The second kappa shape index (κ2) is 7.84. The summed E-state index contributed by atoms with van der Waals surface area (Å²) in [6, 6.07) is 19.6. The van der Waals surface area contributed by atoms with E-state index in [1.54, 1.807) is 0 Å². The Morgan fingerprint density at radius 3 is 2.33 bits per heavy atom. The zero-order valence-corrected chi connectivity index (χ0v) is 13.3. The van der Waals surface area contributed by atoms with E-state index >= 15 is 0 Å². The maximum Gasteiger partial charge on any atom is 0.0500 e. The Morgan fingerprint density at radius 2 is 1.67 bits per heavy atom. The summed E-state index contributed by atoms with van der Waals surface area (Å²) in [7, 11) is 2.16. The van der Waals surface area contributed by atoms with Crippen LogP contribution in [0, 0.1) is 6.92 Å². The standard InChI is InChI=1S/C19H26N2/c1-4-14-20-19(18-13-9-8-10-16(18)2)15-21(3)17-11-6-5-7-12-17/h5-13,19-20H,4,14-15H2,1-3H3. The molecule has 0 aliphatic carbocycles. The minimum Gasteiger partial charge on any atom is -0.373 e. The second-order valence-electron chi connectivity index (χ2n) is 5.58. The number of hydrogen-bond acceptors (Lipinski definition) is 2. The van der Waals surface area contributed by atoms with Gasteiger partial charge in [0.2, 0.25) is 0 Å². The van der Waals surface area contributed by atoms with Crippen molar-refractivity contribution in [3.05, 3.63) is 65.7 Å². The van der Waals surface area contributed by atoms with Gasteiger partial charge in [0.1, 0.15) is 0 Å². The first-order valence-electron chi connectivity index (χ1n) is 7.77. The number of nitrogens with one attached hydrogen (secondary N) is 1. The number of rotatable bonds is 7. The molecule has 1 unspecified atom stereocenters. The number of aryl methyl sites for hydroxylation is 1. The Kier molecular flexibility index (Phi) is 5.82. The third-order valence-electron chi connectivity index (χ3n) is 3.86. The second-order valence-corrected chi connectivity index (χ2v) is 5.58. The van der Waals surface area contributed by atoms with Gasteiger partial charge in [-0.1, -0.05) is 49.4 Å². The van der Waals surface area contributed by atoms with Gasteiger partial charge in [-0.15, -0.1) is 0 Å². The zero-order valence-electron chi connectivity index (χ0n) is 13.3. The van der Waals surface area contributed by atoms with E-state index in [1.807, 2.05) is 0 Å². The van der Waals surface area contributed by atoms with Crippen LogP contribution >= 0.6 is 0 Å². The van der Waals surface area contributed by atoms with Gasteiger partial charge in [-0.2, -0.15) is 0 Å². The van der Waals surface area contributed by atoms with Crippen LogP contribution in [0.2, 0.25) is 0 Å². The first kappa shape index (κ1) is 15.6. The molecule has 1 N–H and O–H groups in total. The highest BCUT2D eigenvalue weighted by Crippen LogP contribution is 2.21. The summed E-state index contributed by atoms with van der Waals surface area (Å²) in [6.45, 7) is 6.41. The smallest absolute Gasteiger partial charge is 0.0500 e. The van der Waals surface area contributed by atoms with Gasteiger partial charge >= 0.3 is 0 Å². The summed E-state index contributed by atoms with van der Waals surface area (Å²) in [5.41, 5.74) is 4.01. The highest BCUT2D eigenvalue weighted by Gasteiger charge is 2.15. The Labute approximate surface area is 128 Å². The average molecular weight is 282 g/mol. The fourth-order valence-electron chi connectivity index (χ4n) is 2.63. The number of benzene rings is 2. The Balaban J connectivity index is 2.15. The van der Waals surface area contributed by atoms with Gasteiger partial charge in [-0.25, -0.2) is 0 Å². The summed E-state index contributed by atoms with van der Waals surface area (Å²) in [4.78, 5) is 2.32. The van der Waals surface area contributed by atoms with Crippen LogP contribution < -0.4 is 10.2 Å². The molecule has 2 nitrogen and oxygen atoms in total. The van der Waals surface area contributed by atoms with E-state index < -0.39 is 0 Å². The predicted molar refractivity (Wildman–Crippen MR) is 91.9 cm³/mol. The topological polar surface area (TPSA) is 15.3 Å². The molecule has 112 valence electrons. The zero-order chi connectivity index (χ0) is 15.1. The Morgan fingerprint density at radius 1 is 1.00 bits per heavy atom. The molecule has 0 saturated carbocycles. The molecule has 0 aliphatic rings. The van der Waals surface area contributed by atoms with Crippen molar-refractivity contribution in [1.82, 2.24) is 5.32 Å². The molecule has 0 bridgehead atoms. The fraction of sp³-hybridized carbons (Fsp3) is 0.368. The van der Waals surface area contributed by atoms with Crippen LogP contribution in [-0.2, 0) is 0 Å². The summed E-state index contributed by atoms with van der Waals surface area (Å²) in [6.07, 6.45) is 1.15. The normalized spacial score (nSPS) is 12.1. The van der Waals surface area contributed by atoms with E-state index in [9.17, 15) is 0 Å². The van der Waals surface area contributed by atoms with E-state index in [0.29, 0.717) is 6.04 Å². The molecule has 0 heterocycles. The van der Waals surface area contributed by atoms with Crippen molar-refractivity contribution >= 4 is 5.69 Å². The maximum absolute atomic E-state index is 3.69. The molecule has 0 aliphatic heterocycles. The molecule has 2 aromatic rings. The molecule has 1 atom stereocenters. The summed E-state index contributed by atoms with van der Waals surface area (Å²) >= 11 is 0. The van der Waals surface area contributed by atoms with Gasteiger partial charge in [0, 0.05) is 19.3 Å². The lowest BCUT2D eigenvalue weighted by Gasteiger charge is -2.28. The molecule has 0 amide bonds. The van der Waals surface area contributed by atoms with Crippen LogP contribution in [0.4, 0.5) is 5.69 Å². The van der Waals surface area contributed by atoms with Gasteiger partial charge in [-0.05, 0) is 43.1 Å². The number of hydrogen-bond donors (Lipinski definition) is 1. The lowest BCUT2D eigenvalue weighted by Crippen LogP contribution is -2.34. The number of nitrogens with zero attached hydrogens (tertiary/aromatic N) is 1. The van der Waals surface area contributed by atoms with Gasteiger partial charge in [-0.3, -0.25) is 0 Å². The minimum atomic E-state index is 0.358. The minimum absolute atomic E-state index is 0.358. The summed E-state index contributed by atoms with van der Waals surface area (Å²) < 4.78 is 0. The van der Waals surface area contributed by atoms with Crippen LogP contribution in [0.15, 0.2) is 54.6 Å². The Bertz CT molecular complexity index is 536. The van der Waals surface area contributed by atoms with E-state index in [2.05, 4.69) is 85.7 Å². The molecule has 0 fully saturated rings. The van der Waals surface area contributed by atoms with Crippen molar-refractivity contribution in [2.45, 2.75) is 26.3 Å². The van der Waals surface area contributed by atoms with Crippen LogP contribution in [0.1, 0.15) is 30.5 Å². The van der Waals surface area contributed by atoms with Gasteiger partial charge in [0.05, 0.1) is 6.04 Å². The molecule has 0 radical (unpaired) electrons. The maximum atomic E-state index is 3.69. The monoisotopic (exact) mass is 282 g/mol. The molecule has 21 heavy (non-hydrogen) atoms. The predicted octanol–water partition coefficient (Wildman–Crippen LogP) is 4.17. The third kappa shape index (κ3) is 4.33. The number of anilines is 1. The van der Waals surface area contributed by atoms with Crippen molar-refractivity contribution in [2.75, 3.05) is 25.0 Å². The average Bonchev–Trinajstić information content (AvgIpc) is 2.53. The van der Waals surface area contributed by atoms with E-state index in [1.165, 1.54) is 16.8 Å². The van der Waals surface area contributed by atoms with Gasteiger partial charge < -0.3 is 10.2 Å². The number of para-hydroxylation sites is 1. The lowest BCUT2D eigenvalue weighted by molar-refractivity contribution is 0.528.